The summed E-state index contributed by atoms with van der Waals surface area (Å²) in [4.78, 5) is 0.00903. The van der Waals surface area contributed by atoms with Gasteiger partial charge in [-0.25, -0.2) is 16.8 Å². The first kappa shape index (κ1) is 14.7. The third kappa shape index (κ3) is 2.89. The van der Waals surface area contributed by atoms with Crippen LogP contribution in [0.1, 0.15) is 13.3 Å². The molecule has 1 rings (SSSR count). The summed E-state index contributed by atoms with van der Waals surface area (Å²) >= 11 is 0. The second-order valence-electron chi connectivity index (χ2n) is 3.81. The first-order valence-corrected chi connectivity index (χ1v) is 8.61. The molecule has 1 unspecified atom stereocenters. The monoisotopic (exact) mass is 287 g/mol. The number of hydrogen-bond acceptors (Lipinski definition) is 5. The molecule has 18 heavy (non-hydrogen) atoms. The lowest BCUT2D eigenvalue weighted by atomic mass is 10.4. The second kappa shape index (κ2) is 5.08. The van der Waals surface area contributed by atoms with Crippen molar-refractivity contribution in [3.8, 4) is 6.07 Å². The first-order valence-electron chi connectivity index (χ1n) is 5.17. The van der Waals surface area contributed by atoms with Crippen LogP contribution in [0, 0.1) is 11.3 Å². The van der Waals surface area contributed by atoms with Crippen LogP contribution in [0.5, 0.6) is 0 Å². The van der Waals surface area contributed by atoms with Crippen LogP contribution in [0.15, 0.2) is 34.1 Å². The number of nitrogens with zero attached hydrogens (tertiary/aromatic N) is 1. The average Bonchev–Trinajstić information content (AvgIpc) is 2.29. The molecule has 1 aromatic rings. The van der Waals surface area contributed by atoms with E-state index < -0.39 is 24.9 Å². The minimum atomic E-state index is -3.72. The Morgan fingerprint density at radius 3 is 1.89 bits per heavy atom. The van der Waals surface area contributed by atoms with Gasteiger partial charge in [-0.2, -0.15) is 5.26 Å². The lowest BCUT2D eigenvalue weighted by Crippen LogP contribution is -2.18. The highest BCUT2D eigenvalue weighted by Crippen LogP contribution is 2.20. The molecule has 1 atom stereocenters. The molecule has 0 spiro atoms. The zero-order valence-electron chi connectivity index (χ0n) is 9.99. The van der Waals surface area contributed by atoms with Crippen LogP contribution in [0.4, 0.5) is 0 Å². The molecular formula is C11H13NO4S2. The van der Waals surface area contributed by atoms with E-state index in [9.17, 15) is 16.8 Å². The molecule has 0 aliphatic rings. The van der Waals surface area contributed by atoms with E-state index in [-0.39, 0.29) is 16.2 Å². The van der Waals surface area contributed by atoms with E-state index in [4.69, 9.17) is 5.26 Å². The van der Waals surface area contributed by atoms with Gasteiger partial charge in [0.1, 0.15) is 0 Å². The van der Waals surface area contributed by atoms with Gasteiger partial charge in [-0.1, -0.05) is 6.92 Å². The minimum absolute atomic E-state index is 0.0386. The van der Waals surface area contributed by atoms with Crippen LogP contribution >= 0.6 is 0 Å². The molecular weight excluding hydrogens is 274 g/mol. The van der Waals surface area contributed by atoms with Gasteiger partial charge < -0.3 is 0 Å². The molecule has 98 valence electrons. The fourth-order valence-corrected chi connectivity index (χ4v) is 3.47. The molecule has 0 amide bonds. The van der Waals surface area contributed by atoms with Crippen molar-refractivity contribution >= 4 is 19.7 Å². The summed E-state index contributed by atoms with van der Waals surface area (Å²) in [6.07, 6.45) is 1.23. The highest BCUT2D eigenvalue weighted by molar-refractivity contribution is 7.92. The molecule has 0 bridgehead atoms. The van der Waals surface area contributed by atoms with Crippen molar-refractivity contribution in [2.45, 2.75) is 28.4 Å². The molecule has 0 saturated carbocycles. The van der Waals surface area contributed by atoms with Crippen molar-refractivity contribution in [2.24, 2.45) is 0 Å². The maximum Gasteiger partial charge on any atom is 0.194 e. The maximum atomic E-state index is 12.0. The van der Waals surface area contributed by atoms with Gasteiger partial charge in [0.2, 0.25) is 0 Å². The molecule has 0 heterocycles. The summed E-state index contributed by atoms with van der Waals surface area (Å²) in [5, 5.41) is 7.67. The highest BCUT2D eigenvalue weighted by Gasteiger charge is 2.25. The van der Waals surface area contributed by atoms with E-state index in [2.05, 4.69) is 0 Å². The SMILES string of the molecule is CCC(C#N)S(=O)(=O)c1ccc(S(C)(=O)=O)cc1. The normalized spacial score (nSPS) is 13.8. The zero-order valence-corrected chi connectivity index (χ0v) is 11.6. The number of nitriles is 1. The molecule has 0 fully saturated rings. The van der Waals surface area contributed by atoms with E-state index in [0.29, 0.717) is 0 Å². The van der Waals surface area contributed by atoms with Gasteiger partial charge >= 0.3 is 0 Å². The molecule has 0 aliphatic heterocycles. The Kier molecular flexibility index (Phi) is 4.14. The minimum Gasteiger partial charge on any atom is -0.224 e. The Bertz CT molecular complexity index is 667. The molecule has 0 aromatic heterocycles. The van der Waals surface area contributed by atoms with Crippen molar-refractivity contribution in [3.63, 3.8) is 0 Å². The molecule has 0 N–H and O–H groups in total. The lowest BCUT2D eigenvalue weighted by molar-refractivity contribution is 0.586. The van der Waals surface area contributed by atoms with Crippen LogP contribution < -0.4 is 0 Å². The molecule has 7 heteroatoms. The Morgan fingerprint density at radius 1 is 1.11 bits per heavy atom. The van der Waals surface area contributed by atoms with Crippen molar-refractivity contribution in [1.29, 1.82) is 5.26 Å². The van der Waals surface area contributed by atoms with Gasteiger partial charge in [-0.05, 0) is 30.7 Å². The predicted octanol–water partition coefficient (Wildman–Crippen LogP) is 1.17. The van der Waals surface area contributed by atoms with Gasteiger partial charge in [0.15, 0.2) is 24.9 Å². The van der Waals surface area contributed by atoms with Crippen molar-refractivity contribution in [2.75, 3.05) is 6.26 Å². The smallest absolute Gasteiger partial charge is 0.194 e. The van der Waals surface area contributed by atoms with Gasteiger partial charge in [-0.15, -0.1) is 0 Å². The molecule has 0 saturated heterocycles. The topological polar surface area (TPSA) is 92.1 Å². The van der Waals surface area contributed by atoms with Gasteiger partial charge in [0, 0.05) is 6.26 Å². The number of rotatable bonds is 4. The Labute approximate surface area is 107 Å². The van der Waals surface area contributed by atoms with E-state index >= 15 is 0 Å². The van der Waals surface area contributed by atoms with Gasteiger partial charge in [0.05, 0.1) is 15.9 Å². The van der Waals surface area contributed by atoms with Gasteiger partial charge in [-0.3, -0.25) is 0 Å². The largest absolute Gasteiger partial charge is 0.224 e. The third-order valence-corrected chi connectivity index (χ3v) is 5.72. The highest BCUT2D eigenvalue weighted by atomic mass is 32.2. The third-order valence-electron chi connectivity index (χ3n) is 2.47. The summed E-state index contributed by atoms with van der Waals surface area (Å²) in [5.41, 5.74) is 0. The molecule has 0 radical (unpaired) electrons. The summed E-state index contributed by atoms with van der Waals surface area (Å²) in [7, 11) is -7.08. The van der Waals surface area contributed by atoms with E-state index in [1.165, 1.54) is 24.3 Å². The van der Waals surface area contributed by atoms with Crippen molar-refractivity contribution in [1.82, 2.24) is 0 Å². The summed E-state index contributed by atoms with van der Waals surface area (Å²) in [5.74, 6) is 0. The Balaban J connectivity index is 3.26. The standard InChI is InChI=1S/C11H13NO4S2/c1-3-9(8-12)18(15,16)11-6-4-10(5-7-11)17(2,13)14/h4-7,9H,3H2,1-2H3. The van der Waals surface area contributed by atoms with Crippen LogP contribution in [0.25, 0.3) is 0 Å². The van der Waals surface area contributed by atoms with Crippen molar-refractivity contribution in [3.05, 3.63) is 24.3 Å². The van der Waals surface area contributed by atoms with E-state index in [0.717, 1.165) is 6.26 Å². The zero-order chi connectivity index (χ0) is 14.0. The van der Waals surface area contributed by atoms with Crippen LogP contribution in [-0.4, -0.2) is 28.3 Å². The quantitative estimate of drug-likeness (QED) is 0.828. The fraction of sp³-hybridized carbons (Fsp3) is 0.364. The maximum absolute atomic E-state index is 12.0. The second-order valence-corrected chi connectivity index (χ2v) is 7.96. The number of benzene rings is 1. The fourth-order valence-electron chi connectivity index (χ4n) is 1.42. The van der Waals surface area contributed by atoms with Crippen LogP contribution in [0.3, 0.4) is 0 Å². The number of hydrogen-bond donors (Lipinski definition) is 0. The molecule has 1 aromatic carbocycles. The van der Waals surface area contributed by atoms with Crippen LogP contribution in [0.2, 0.25) is 0 Å². The van der Waals surface area contributed by atoms with Crippen LogP contribution in [-0.2, 0) is 19.7 Å². The average molecular weight is 287 g/mol. The van der Waals surface area contributed by atoms with E-state index in [1.807, 2.05) is 0 Å². The number of sulfone groups is 2. The van der Waals surface area contributed by atoms with Crippen molar-refractivity contribution < 1.29 is 16.8 Å². The first-order chi connectivity index (χ1) is 8.23. The Morgan fingerprint density at radius 2 is 1.56 bits per heavy atom. The lowest BCUT2D eigenvalue weighted by Gasteiger charge is -2.08. The Hall–Kier alpha value is -1.39. The summed E-state index contributed by atoms with van der Waals surface area (Å²) in [6.45, 7) is 1.61. The summed E-state index contributed by atoms with van der Waals surface area (Å²) < 4.78 is 46.4. The van der Waals surface area contributed by atoms with Gasteiger partial charge in [0.25, 0.3) is 0 Å². The molecule has 0 aliphatic carbocycles. The van der Waals surface area contributed by atoms with E-state index in [1.54, 1.807) is 13.0 Å². The predicted molar refractivity (Wildman–Crippen MR) is 66.4 cm³/mol. The molecule has 5 nitrogen and oxygen atoms in total. The summed E-state index contributed by atoms with van der Waals surface area (Å²) in [6, 6.07) is 6.61.